The second kappa shape index (κ2) is 3.77. The van der Waals surface area contributed by atoms with Gasteiger partial charge in [0.15, 0.2) is 0 Å². The van der Waals surface area contributed by atoms with Gasteiger partial charge < -0.3 is 5.73 Å². The lowest BCUT2D eigenvalue weighted by Crippen LogP contribution is -2.59. The Bertz CT molecular complexity index is 301. The summed E-state index contributed by atoms with van der Waals surface area (Å²) in [4.78, 5) is 0. The van der Waals surface area contributed by atoms with Crippen LogP contribution in [0.3, 0.4) is 0 Å². The van der Waals surface area contributed by atoms with Crippen molar-refractivity contribution in [2.24, 2.45) is 28.4 Å². The normalized spacial score (nSPS) is 48.0. The van der Waals surface area contributed by atoms with Gasteiger partial charge >= 0.3 is 6.18 Å². The van der Waals surface area contributed by atoms with E-state index in [1.807, 2.05) is 0 Å². The highest BCUT2D eigenvalue weighted by Gasteiger charge is 2.66. The molecule has 4 saturated carbocycles. The molecule has 4 aliphatic rings. The molecular weight excluding hydrogens is 251 g/mol. The molecule has 0 heterocycles. The molecule has 0 aromatic heterocycles. The zero-order chi connectivity index (χ0) is 11.6. The highest BCUT2D eigenvalue weighted by atomic mass is 35.5. The minimum absolute atomic E-state index is 0. The maximum Gasteiger partial charge on any atom is 0.394 e. The number of alkyl halides is 3. The fourth-order valence-electron chi connectivity index (χ4n) is 5.02. The van der Waals surface area contributed by atoms with Crippen molar-refractivity contribution in [1.29, 1.82) is 0 Å². The summed E-state index contributed by atoms with van der Waals surface area (Å²) in [6, 6.07) is 0. The van der Waals surface area contributed by atoms with Gasteiger partial charge in [-0.2, -0.15) is 13.2 Å². The molecule has 1 nitrogen and oxygen atoms in total. The summed E-state index contributed by atoms with van der Waals surface area (Å²) in [6.45, 7) is 0.442. The first-order chi connectivity index (χ1) is 7.38. The molecule has 4 bridgehead atoms. The van der Waals surface area contributed by atoms with Crippen LogP contribution >= 0.6 is 12.4 Å². The van der Waals surface area contributed by atoms with Gasteiger partial charge in [0, 0.05) is 0 Å². The van der Waals surface area contributed by atoms with Crippen molar-refractivity contribution in [3.8, 4) is 0 Å². The van der Waals surface area contributed by atoms with Crippen LogP contribution in [0.5, 0.6) is 0 Å². The Kier molecular flexibility index (Phi) is 2.98. The number of nitrogens with two attached hydrogens (primary N) is 1. The van der Waals surface area contributed by atoms with Gasteiger partial charge in [0.25, 0.3) is 0 Å². The number of halogens is 4. The second-order valence-electron chi connectivity index (χ2n) is 6.44. The second-order valence-corrected chi connectivity index (χ2v) is 6.44. The first-order valence-electron chi connectivity index (χ1n) is 6.15. The van der Waals surface area contributed by atoms with Crippen LogP contribution in [0.15, 0.2) is 0 Å². The third-order valence-corrected chi connectivity index (χ3v) is 5.22. The smallest absolute Gasteiger partial charge is 0.330 e. The summed E-state index contributed by atoms with van der Waals surface area (Å²) in [5, 5.41) is 0. The largest absolute Gasteiger partial charge is 0.394 e. The van der Waals surface area contributed by atoms with Crippen molar-refractivity contribution in [3.05, 3.63) is 0 Å². The Hall–Kier alpha value is 0.0400. The van der Waals surface area contributed by atoms with E-state index in [1.165, 1.54) is 0 Å². The molecule has 4 aliphatic carbocycles. The van der Waals surface area contributed by atoms with Gasteiger partial charge in [0.05, 0.1) is 5.41 Å². The zero-order valence-corrected chi connectivity index (χ0v) is 10.5. The quantitative estimate of drug-likeness (QED) is 0.774. The van der Waals surface area contributed by atoms with Gasteiger partial charge in [-0.25, -0.2) is 0 Å². The van der Waals surface area contributed by atoms with E-state index in [9.17, 15) is 13.2 Å². The van der Waals surface area contributed by atoms with Crippen LogP contribution in [0.1, 0.15) is 38.5 Å². The predicted octanol–water partition coefficient (Wildman–Crippen LogP) is 3.52. The van der Waals surface area contributed by atoms with Crippen molar-refractivity contribution in [2.45, 2.75) is 44.7 Å². The van der Waals surface area contributed by atoms with Crippen LogP contribution in [0.25, 0.3) is 0 Å². The maximum absolute atomic E-state index is 13.3. The summed E-state index contributed by atoms with van der Waals surface area (Å²) in [5.74, 6) is 0.567. The molecule has 2 N–H and O–H groups in total. The lowest BCUT2D eigenvalue weighted by molar-refractivity contribution is -0.285. The number of hydrogen-bond acceptors (Lipinski definition) is 1. The number of rotatable bonds is 1. The molecule has 2 atom stereocenters. The highest BCUT2D eigenvalue weighted by molar-refractivity contribution is 5.85. The van der Waals surface area contributed by atoms with Crippen molar-refractivity contribution in [2.75, 3.05) is 6.54 Å². The standard InChI is InChI=1S/C12H18F3N.ClH/c13-12(14,15)11-4-8-1-9(5-11)3-10(2-8,6-11)7-16;/h8-9H,1-7,16H2;1H. The average Bonchev–Trinajstić information content (AvgIpc) is 2.14. The van der Waals surface area contributed by atoms with Crippen molar-refractivity contribution >= 4 is 12.4 Å². The molecule has 2 unspecified atom stereocenters. The maximum atomic E-state index is 13.3. The Labute approximate surface area is 106 Å². The highest BCUT2D eigenvalue weighted by Crippen LogP contribution is 2.69. The van der Waals surface area contributed by atoms with Crippen molar-refractivity contribution in [3.63, 3.8) is 0 Å². The van der Waals surface area contributed by atoms with E-state index < -0.39 is 11.6 Å². The minimum atomic E-state index is -4.02. The van der Waals surface area contributed by atoms with Gasteiger partial charge in [-0.1, -0.05) is 0 Å². The van der Waals surface area contributed by atoms with Crippen molar-refractivity contribution in [1.82, 2.24) is 0 Å². The predicted molar refractivity (Wildman–Crippen MR) is 61.9 cm³/mol. The first-order valence-corrected chi connectivity index (χ1v) is 6.15. The average molecular weight is 270 g/mol. The third kappa shape index (κ3) is 1.79. The van der Waals surface area contributed by atoms with Crippen molar-refractivity contribution < 1.29 is 13.2 Å². The van der Waals surface area contributed by atoms with Gasteiger partial charge in [-0.05, 0) is 62.3 Å². The molecule has 0 aliphatic heterocycles. The molecule has 0 radical (unpaired) electrons. The summed E-state index contributed by atoms with van der Waals surface area (Å²) in [6.07, 6.45) is -0.0864. The van der Waals surface area contributed by atoms with Crippen LogP contribution in [-0.2, 0) is 0 Å². The van der Waals surface area contributed by atoms with Gasteiger partial charge in [-0.15, -0.1) is 12.4 Å². The van der Waals surface area contributed by atoms with E-state index >= 15 is 0 Å². The van der Waals surface area contributed by atoms with Gasteiger partial charge in [0.2, 0.25) is 0 Å². The summed E-state index contributed by atoms with van der Waals surface area (Å²) in [7, 11) is 0. The molecule has 5 heteroatoms. The van der Waals surface area contributed by atoms with Crippen LogP contribution in [0.4, 0.5) is 13.2 Å². The molecule has 4 rings (SSSR count). The Morgan fingerprint density at radius 1 is 1.06 bits per heavy atom. The van der Waals surface area contributed by atoms with Crippen LogP contribution in [0, 0.1) is 22.7 Å². The summed E-state index contributed by atoms with van der Waals surface area (Å²) < 4.78 is 39.8. The molecule has 0 aromatic carbocycles. The summed E-state index contributed by atoms with van der Waals surface area (Å²) >= 11 is 0. The van der Waals surface area contributed by atoms with Gasteiger partial charge in [-0.3, -0.25) is 0 Å². The first kappa shape index (κ1) is 13.5. The molecule has 4 fully saturated rings. The van der Waals surface area contributed by atoms with Gasteiger partial charge in [0.1, 0.15) is 0 Å². The minimum Gasteiger partial charge on any atom is -0.330 e. The Morgan fingerprint density at radius 2 is 1.59 bits per heavy atom. The Balaban J connectivity index is 0.00000108. The monoisotopic (exact) mass is 269 g/mol. The van der Waals surface area contributed by atoms with E-state index in [1.54, 1.807) is 0 Å². The SMILES string of the molecule is Cl.NCC12CC3CC(C1)CC(C(F)(F)F)(C3)C2. The van der Waals surface area contributed by atoms with Crippen LogP contribution in [-0.4, -0.2) is 12.7 Å². The Morgan fingerprint density at radius 3 is 2.00 bits per heavy atom. The molecule has 17 heavy (non-hydrogen) atoms. The van der Waals surface area contributed by atoms with E-state index in [-0.39, 0.29) is 29.7 Å². The molecule has 100 valence electrons. The zero-order valence-electron chi connectivity index (χ0n) is 9.72. The summed E-state index contributed by atoms with van der Waals surface area (Å²) in [5.41, 5.74) is 4.20. The molecule has 0 amide bonds. The fraction of sp³-hybridized carbons (Fsp3) is 1.00. The van der Waals surface area contributed by atoms with E-state index in [0.29, 0.717) is 25.8 Å². The number of hydrogen-bond donors (Lipinski definition) is 1. The lowest BCUT2D eigenvalue weighted by atomic mass is 9.44. The fourth-order valence-corrected chi connectivity index (χ4v) is 5.02. The lowest BCUT2D eigenvalue weighted by Gasteiger charge is -2.62. The van der Waals surface area contributed by atoms with Crippen LogP contribution < -0.4 is 5.73 Å². The molecular formula is C12H19ClF3N. The third-order valence-electron chi connectivity index (χ3n) is 5.22. The van der Waals surface area contributed by atoms with E-state index in [2.05, 4.69) is 0 Å². The topological polar surface area (TPSA) is 26.0 Å². The molecule has 0 aromatic rings. The molecule has 0 spiro atoms. The molecule has 0 saturated heterocycles. The van der Waals surface area contributed by atoms with E-state index in [4.69, 9.17) is 5.73 Å². The van der Waals surface area contributed by atoms with E-state index in [0.717, 1.165) is 19.3 Å². The van der Waals surface area contributed by atoms with Crippen LogP contribution in [0.2, 0.25) is 0 Å².